The first-order valence-corrected chi connectivity index (χ1v) is 11.3. The lowest BCUT2D eigenvalue weighted by Gasteiger charge is -2.21. The summed E-state index contributed by atoms with van der Waals surface area (Å²) in [5.74, 6) is -0.0234. The molecule has 2 N–H and O–H groups in total. The van der Waals surface area contributed by atoms with Gasteiger partial charge in [-0.2, -0.15) is 0 Å². The number of benzene rings is 2. The molecule has 2 aromatic carbocycles. The van der Waals surface area contributed by atoms with Crippen LogP contribution < -0.4 is 10.6 Å². The summed E-state index contributed by atoms with van der Waals surface area (Å²) < 4.78 is 0. The maximum Gasteiger partial charge on any atom is 0.234 e. The van der Waals surface area contributed by atoms with Crippen LogP contribution in [0.2, 0.25) is 0 Å². The number of rotatable bonds is 8. The van der Waals surface area contributed by atoms with E-state index in [1.54, 1.807) is 22.7 Å². The van der Waals surface area contributed by atoms with Crippen molar-refractivity contribution in [3.8, 4) is 0 Å². The Bertz CT molecular complexity index is 1000. The van der Waals surface area contributed by atoms with Crippen molar-refractivity contribution >= 4 is 28.6 Å². The number of thiophene rings is 2. The zero-order valence-corrected chi connectivity index (χ0v) is 17.5. The van der Waals surface area contributed by atoms with E-state index in [4.69, 9.17) is 0 Å². The molecule has 0 saturated heterocycles. The van der Waals surface area contributed by atoms with Gasteiger partial charge in [0.2, 0.25) is 5.91 Å². The number of carbonyl (C=O) groups is 1. The molecular formula is C24H22N2OS2. The molecular weight excluding hydrogens is 396 g/mol. The highest BCUT2D eigenvalue weighted by Gasteiger charge is 2.20. The lowest BCUT2D eigenvalue weighted by atomic mass is 10.0. The monoisotopic (exact) mass is 418 g/mol. The van der Waals surface area contributed by atoms with E-state index >= 15 is 0 Å². The summed E-state index contributed by atoms with van der Waals surface area (Å²) in [6.45, 7) is 0.242. The average molecular weight is 419 g/mol. The van der Waals surface area contributed by atoms with Gasteiger partial charge in [0.25, 0.3) is 0 Å². The molecule has 5 heteroatoms. The summed E-state index contributed by atoms with van der Waals surface area (Å²) in [4.78, 5) is 15.2. The van der Waals surface area contributed by atoms with Gasteiger partial charge in [0, 0.05) is 9.75 Å². The second kappa shape index (κ2) is 9.65. The Morgan fingerprint density at radius 2 is 1.21 bits per heavy atom. The van der Waals surface area contributed by atoms with E-state index in [0.717, 1.165) is 16.0 Å². The normalized spacial score (nSPS) is 13.0. The van der Waals surface area contributed by atoms with Gasteiger partial charge >= 0.3 is 0 Å². The zero-order chi connectivity index (χ0) is 19.9. The molecule has 0 aliphatic carbocycles. The summed E-state index contributed by atoms with van der Waals surface area (Å²) >= 11 is 3.35. The fraction of sp³-hybridized carbons (Fsp3) is 0.125. The Labute approximate surface area is 179 Å². The van der Waals surface area contributed by atoms with Crippen LogP contribution in [-0.4, -0.2) is 12.5 Å². The lowest BCUT2D eigenvalue weighted by molar-refractivity contribution is -0.120. The van der Waals surface area contributed by atoms with Crippen LogP contribution in [-0.2, 0) is 4.79 Å². The first-order valence-electron chi connectivity index (χ1n) is 9.50. The molecule has 2 heterocycles. The topological polar surface area (TPSA) is 41.1 Å². The molecule has 0 bridgehead atoms. The van der Waals surface area contributed by atoms with Crippen molar-refractivity contribution in [2.45, 2.75) is 12.1 Å². The summed E-state index contributed by atoms with van der Waals surface area (Å²) in [6.07, 6.45) is 0. The molecule has 4 aromatic rings. The molecule has 2 atom stereocenters. The van der Waals surface area contributed by atoms with Crippen molar-refractivity contribution in [2.75, 3.05) is 6.54 Å². The highest BCUT2D eigenvalue weighted by atomic mass is 32.1. The molecule has 0 aliphatic heterocycles. The predicted octanol–water partition coefficient (Wildman–Crippen LogP) is 5.39. The van der Waals surface area contributed by atoms with Crippen molar-refractivity contribution in [1.29, 1.82) is 0 Å². The van der Waals surface area contributed by atoms with Crippen LogP contribution in [0.25, 0.3) is 0 Å². The number of hydrogen-bond donors (Lipinski definition) is 2. The summed E-state index contributed by atoms with van der Waals surface area (Å²) in [6, 6.07) is 28.4. The largest absolute Gasteiger partial charge is 0.343 e. The summed E-state index contributed by atoms with van der Waals surface area (Å²) in [5, 5.41) is 10.7. The molecule has 1 amide bonds. The average Bonchev–Trinajstić information content (AvgIpc) is 3.48. The fourth-order valence-electron chi connectivity index (χ4n) is 3.31. The van der Waals surface area contributed by atoms with Crippen LogP contribution in [0.1, 0.15) is 33.0 Å². The van der Waals surface area contributed by atoms with Gasteiger partial charge in [-0.25, -0.2) is 0 Å². The number of carbonyl (C=O) groups excluding carboxylic acids is 1. The summed E-state index contributed by atoms with van der Waals surface area (Å²) in [7, 11) is 0. The minimum absolute atomic E-state index is 0.00105. The Kier molecular flexibility index (Phi) is 6.52. The van der Waals surface area contributed by atoms with E-state index in [1.807, 2.05) is 53.9 Å². The molecule has 146 valence electrons. The number of nitrogens with one attached hydrogen (secondary N) is 2. The van der Waals surface area contributed by atoms with Crippen molar-refractivity contribution < 1.29 is 4.79 Å². The van der Waals surface area contributed by atoms with Crippen LogP contribution in [0.4, 0.5) is 0 Å². The Hall–Kier alpha value is -2.73. The Balaban J connectivity index is 1.47. The third kappa shape index (κ3) is 5.01. The molecule has 0 aliphatic rings. The highest BCUT2D eigenvalue weighted by molar-refractivity contribution is 7.10. The van der Waals surface area contributed by atoms with Crippen molar-refractivity contribution in [3.05, 3.63) is 117 Å². The van der Waals surface area contributed by atoms with Gasteiger partial charge in [-0.15, -0.1) is 22.7 Å². The van der Waals surface area contributed by atoms with E-state index in [-0.39, 0.29) is 24.5 Å². The molecule has 0 spiro atoms. The third-order valence-electron chi connectivity index (χ3n) is 4.69. The lowest BCUT2D eigenvalue weighted by Crippen LogP contribution is -2.38. The van der Waals surface area contributed by atoms with Crippen LogP contribution in [0.3, 0.4) is 0 Å². The Morgan fingerprint density at radius 1 is 0.690 bits per heavy atom. The van der Waals surface area contributed by atoms with Gasteiger partial charge in [-0.1, -0.05) is 72.8 Å². The van der Waals surface area contributed by atoms with Gasteiger partial charge in [0.15, 0.2) is 0 Å². The molecule has 29 heavy (non-hydrogen) atoms. The van der Waals surface area contributed by atoms with E-state index in [9.17, 15) is 4.79 Å². The van der Waals surface area contributed by atoms with E-state index in [2.05, 4.69) is 52.4 Å². The maximum absolute atomic E-state index is 12.9. The molecule has 2 aromatic heterocycles. The van der Waals surface area contributed by atoms with Crippen LogP contribution in [0.5, 0.6) is 0 Å². The van der Waals surface area contributed by atoms with Gasteiger partial charge in [0.05, 0.1) is 18.6 Å². The number of hydrogen-bond acceptors (Lipinski definition) is 4. The summed E-state index contributed by atoms with van der Waals surface area (Å²) in [5.41, 5.74) is 2.24. The van der Waals surface area contributed by atoms with Gasteiger partial charge < -0.3 is 5.32 Å². The molecule has 4 rings (SSSR count). The standard InChI is InChI=1S/C24H22N2OS2/c27-22(26-24(21-14-8-16-29-21)19-11-5-2-6-12-19)17-25-23(20-13-7-15-28-20)18-9-3-1-4-10-18/h1-16,23-25H,17H2,(H,26,27)/t23-,24+/m1/s1. The van der Waals surface area contributed by atoms with Crippen LogP contribution >= 0.6 is 22.7 Å². The first kappa shape index (κ1) is 19.6. The minimum atomic E-state index is -0.137. The van der Waals surface area contributed by atoms with Gasteiger partial charge in [0.1, 0.15) is 0 Å². The first-order chi connectivity index (χ1) is 14.3. The second-order valence-corrected chi connectivity index (χ2v) is 8.63. The van der Waals surface area contributed by atoms with Gasteiger partial charge in [-0.3, -0.25) is 10.1 Å². The number of amides is 1. The molecule has 0 radical (unpaired) electrons. The van der Waals surface area contributed by atoms with Crippen molar-refractivity contribution in [1.82, 2.24) is 10.6 Å². The predicted molar refractivity (Wildman–Crippen MR) is 121 cm³/mol. The third-order valence-corrected chi connectivity index (χ3v) is 6.57. The highest BCUT2D eigenvalue weighted by Crippen LogP contribution is 2.27. The van der Waals surface area contributed by atoms with E-state index in [0.29, 0.717) is 0 Å². The van der Waals surface area contributed by atoms with Crippen molar-refractivity contribution in [2.24, 2.45) is 0 Å². The molecule has 0 saturated carbocycles. The molecule has 0 unspecified atom stereocenters. The van der Waals surface area contributed by atoms with E-state index in [1.165, 1.54) is 4.88 Å². The smallest absolute Gasteiger partial charge is 0.234 e. The minimum Gasteiger partial charge on any atom is -0.343 e. The quantitative estimate of drug-likeness (QED) is 0.403. The van der Waals surface area contributed by atoms with Crippen molar-refractivity contribution in [3.63, 3.8) is 0 Å². The zero-order valence-electron chi connectivity index (χ0n) is 15.8. The van der Waals surface area contributed by atoms with E-state index < -0.39 is 0 Å². The SMILES string of the molecule is O=C(CN[C@H](c1ccccc1)c1cccs1)N[C@@H](c1ccccc1)c1cccs1. The van der Waals surface area contributed by atoms with Crippen LogP contribution in [0.15, 0.2) is 95.7 Å². The Morgan fingerprint density at radius 3 is 1.72 bits per heavy atom. The molecule has 3 nitrogen and oxygen atoms in total. The molecule has 0 fully saturated rings. The fourth-order valence-corrected chi connectivity index (χ4v) is 4.94. The maximum atomic E-state index is 12.9. The second-order valence-electron chi connectivity index (χ2n) is 6.67. The van der Waals surface area contributed by atoms with Crippen LogP contribution in [0, 0.1) is 0 Å². The van der Waals surface area contributed by atoms with Gasteiger partial charge in [-0.05, 0) is 34.0 Å².